The van der Waals surface area contributed by atoms with Crippen molar-refractivity contribution in [2.75, 3.05) is 26.2 Å². The van der Waals surface area contributed by atoms with Crippen LogP contribution in [0.25, 0.3) is 0 Å². The summed E-state index contributed by atoms with van der Waals surface area (Å²) in [7, 11) is 0. The van der Waals surface area contributed by atoms with Crippen molar-refractivity contribution in [2.45, 2.75) is 32.6 Å². The highest BCUT2D eigenvalue weighted by Gasteiger charge is 2.27. The van der Waals surface area contributed by atoms with Crippen LogP contribution in [-0.4, -0.2) is 37.0 Å². The summed E-state index contributed by atoms with van der Waals surface area (Å²) in [6, 6.07) is 4.07. The van der Waals surface area contributed by atoms with Gasteiger partial charge >= 0.3 is 0 Å². The molecule has 1 unspecified atom stereocenters. The minimum atomic E-state index is -0.0170. The Bertz CT molecular complexity index is 447. The van der Waals surface area contributed by atoms with E-state index >= 15 is 0 Å². The summed E-state index contributed by atoms with van der Waals surface area (Å²) in [5.41, 5.74) is 0. The lowest BCUT2D eigenvalue weighted by Crippen LogP contribution is -2.42. The van der Waals surface area contributed by atoms with E-state index in [9.17, 15) is 4.79 Å². The number of nitrogens with zero attached hydrogens (tertiary/aromatic N) is 1. The molecule has 1 amide bonds. The highest BCUT2D eigenvalue weighted by Crippen LogP contribution is 2.30. The molecule has 2 heterocycles. The number of halogens is 2. The third-order valence-electron chi connectivity index (χ3n) is 4.00. The van der Waals surface area contributed by atoms with Gasteiger partial charge in [0.1, 0.15) is 0 Å². The van der Waals surface area contributed by atoms with Crippen molar-refractivity contribution in [3.05, 3.63) is 20.8 Å². The third-order valence-corrected chi connectivity index (χ3v) is 5.81. The summed E-state index contributed by atoms with van der Waals surface area (Å²) in [4.78, 5) is 15.7. The first-order valence-electron chi connectivity index (χ1n) is 7.36. The molecule has 0 aliphatic carbocycles. The second-order valence-electron chi connectivity index (χ2n) is 5.44. The Morgan fingerprint density at radius 2 is 2.14 bits per heavy atom. The first kappa shape index (κ1) is 18.9. The first-order chi connectivity index (χ1) is 9.61. The van der Waals surface area contributed by atoms with Crippen molar-refractivity contribution in [1.29, 1.82) is 0 Å². The molecule has 0 radical (unpaired) electrons. The molecule has 6 heteroatoms. The number of carbonyl (C=O) groups is 1. The second-order valence-corrected chi connectivity index (χ2v) is 7.93. The zero-order chi connectivity index (χ0) is 14.5. The van der Waals surface area contributed by atoms with Crippen molar-refractivity contribution >= 4 is 45.6 Å². The molecular weight excluding hydrogens is 372 g/mol. The molecule has 1 fully saturated rings. The van der Waals surface area contributed by atoms with Gasteiger partial charge in [0.05, 0.1) is 9.70 Å². The molecule has 0 bridgehead atoms. The van der Waals surface area contributed by atoms with Crippen LogP contribution in [0.15, 0.2) is 15.9 Å². The molecule has 1 atom stereocenters. The monoisotopic (exact) mass is 394 g/mol. The number of amides is 1. The number of rotatable bonds is 5. The molecule has 0 aromatic carbocycles. The fourth-order valence-corrected chi connectivity index (χ4v) is 4.13. The molecule has 1 aromatic rings. The number of hydrogen-bond donors (Lipinski definition) is 1. The molecule has 3 nitrogen and oxygen atoms in total. The number of thiophene rings is 1. The van der Waals surface area contributed by atoms with Gasteiger partial charge in [0.15, 0.2) is 0 Å². The number of hydrogen-bond acceptors (Lipinski definition) is 3. The third kappa shape index (κ3) is 5.23. The molecule has 1 aromatic heterocycles. The van der Waals surface area contributed by atoms with E-state index in [4.69, 9.17) is 0 Å². The maximum absolute atomic E-state index is 12.5. The van der Waals surface area contributed by atoms with Gasteiger partial charge < -0.3 is 10.2 Å². The Morgan fingerprint density at radius 3 is 2.67 bits per heavy atom. The van der Waals surface area contributed by atoms with Gasteiger partial charge in [-0.2, -0.15) is 0 Å². The SMILES string of the molecule is CCNCC1CCN(C(=O)C(C)c2ccc(Br)s2)CC1.Cl. The van der Waals surface area contributed by atoms with Gasteiger partial charge in [-0.05, 0) is 66.8 Å². The number of carbonyl (C=O) groups excluding carboxylic acids is 1. The number of piperidine rings is 1. The molecule has 1 N–H and O–H groups in total. The maximum atomic E-state index is 12.5. The highest BCUT2D eigenvalue weighted by molar-refractivity contribution is 9.11. The molecule has 0 saturated carbocycles. The van der Waals surface area contributed by atoms with Crippen molar-refractivity contribution < 1.29 is 4.79 Å². The lowest BCUT2D eigenvalue weighted by atomic mass is 9.95. The van der Waals surface area contributed by atoms with Crippen LogP contribution in [0.3, 0.4) is 0 Å². The zero-order valence-electron chi connectivity index (χ0n) is 12.6. The average Bonchev–Trinajstić information content (AvgIpc) is 2.90. The van der Waals surface area contributed by atoms with Gasteiger partial charge in [0.2, 0.25) is 5.91 Å². The van der Waals surface area contributed by atoms with Gasteiger partial charge in [-0.25, -0.2) is 0 Å². The van der Waals surface area contributed by atoms with Crippen LogP contribution in [0.5, 0.6) is 0 Å². The predicted molar refractivity (Wildman–Crippen MR) is 95.5 cm³/mol. The quantitative estimate of drug-likeness (QED) is 0.820. The van der Waals surface area contributed by atoms with Crippen molar-refractivity contribution in [1.82, 2.24) is 10.2 Å². The van der Waals surface area contributed by atoms with Crippen LogP contribution >= 0.6 is 39.7 Å². The van der Waals surface area contributed by atoms with Crippen LogP contribution in [0.2, 0.25) is 0 Å². The van der Waals surface area contributed by atoms with Gasteiger partial charge in [-0.1, -0.05) is 6.92 Å². The normalized spacial score (nSPS) is 17.4. The Morgan fingerprint density at radius 1 is 1.48 bits per heavy atom. The van der Waals surface area contributed by atoms with Crippen molar-refractivity contribution in [3.63, 3.8) is 0 Å². The van der Waals surface area contributed by atoms with Crippen LogP contribution in [0, 0.1) is 5.92 Å². The van der Waals surface area contributed by atoms with Gasteiger partial charge in [0.25, 0.3) is 0 Å². The Kier molecular flexibility index (Phi) is 8.24. The smallest absolute Gasteiger partial charge is 0.230 e. The van der Waals surface area contributed by atoms with E-state index in [1.807, 2.05) is 17.9 Å². The predicted octanol–water partition coefficient (Wildman–Crippen LogP) is 3.88. The van der Waals surface area contributed by atoms with E-state index in [1.165, 1.54) is 0 Å². The Labute approximate surface area is 146 Å². The minimum Gasteiger partial charge on any atom is -0.342 e. The highest BCUT2D eigenvalue weighted by atomic mass is 79.9. The lowest BCUT2D eigenvalue weighted by Gasteiger charge is -2.33. The summed E-state index contributed by atoms with van der Waals surface area (Å²) in [6.45, 7) is 8.10. The standard InChI is InChI=1S/C15H23BrN2OS.ClH/c1-3-17-10-12-6-8-18(9-7-12)15(19)11(2)13-4-5-14(16)20-13;/h4-5,11-12,17H,3,6-10H2,1-2H3;1H. The summed E-state index contributed by atoms with van der Waals surface area (Å²) < 4.78 is 1.09. The molecule has 1 aliphatic rings. The Hall–Kier alpha value is -0.100. The summed E-state index contributed by atoms with van der Waals surface area (Å²) >= 11 is 5.12. The van der Waals surface area contributed by atoms with E-state index in [-0.39, 0.29) is 24.2 Å². The van der Waals surface area contributed by atoms with Crippen LogP contribution in [0.1, 0.15) is 37.5 Å². The van der Waals surface area contributed by atoms with Crippen molar-refractivity contribution in [3.8, 4) is 0 Å². The van der Waals surface area contributed by atoms with Crippen LogP contribution in [0.4, 0.5) is 0 Å². The van der Waals surface area contributed by atoms with E-state index in [1.54, 1.807) is 11.3 Å². The molecule has 120 valence electrons. The molecule has 1 saturated heterocycles. The molecule has 2 rings (SSSR count). The van der Waals surface area contributed by atoms with Gasteiger partial charge in [0, 0.05) is 18.0 Å². The van der Waals surface area contributed by atoms with E-state index in [0.29, 0.717) is 0 Å². The van der Waals surface area contributed by atoms with E-state index < -0.39 is 0 Å². The fourth-order valence-electron chi connectivity index (χ4n) is 2.66. The van der Waals surface area contributed by atoms with Crippen molar-refractivity contribution in [2.24, 2.45) is 5.92 Å². The topological polar surface area (TPSA) is 32.3 Å². The average molecular weight is 396 g/mol. The molecule has 0 spiro atoms. The second kappa shape index (κ2) is 9.13. The van der Waals surface area contributed by atoms with Crippen LogP contribution in [-0.2, 0) is 4.79 Å². The summed E-state index contributed by atoms with van der Waals surface area (Å²) in [5.74, 6) is 0.989. The number of likely N-dealkylation sites (tertiary alicyclic amines) is 1. The van der Waals surface area contributed by atoms with Crippen LogP contribution < -0.4 is 5.32 Å². The summed E-state index contributed by atoms with van der Waals surface area (Å²) in [5, 5.41) is 3.41. The first-order valence-corrected chi connectivity index (χ1v) is 8.97. The van der Waals surface area contributed by atoms with Gasteiger partial charge in [-0.3, -0.25) is 4.79 Å². The molecule has 1 aliphatic heterocycles. The van der Waals surface area contributed by atoms with E-state index in [0.717, 1.165) is 53.6 Å². The van der Waals surface area contributed by atoms with Gasteiger partial charge in [-0.15, -0.1) is 23.7 Å². The van der Waals surface area contributed by atoms with E-state index in [2.05, 4.69) is 34.2 Å². The maximum Gasteiger partial charge on any atom is 0.230 e. The Balaban J connectivity index is 0.00000220. The summed E-state index contributed by atoms with van der Waals surface area (Å²) in [6.07, 6.45) is 2.25. The molecule has 21 heavy (non-hydrogen) atoms. The molecular formula is C15H24BrClN2OS. The largest absolute Gasteiger partial charge is 0.342 e. The zero-order valence-corrected chi connectivity index (χ0v) is 15.8. The fraction of sp³-hybridized carbons (Fsp3) is 0.667. The minimum absolute atomic E-state index is 0. The lowest BCUT2D eigenvalue weighted by molar-refractivity contribution is -0.133. The number of nitrogens with one attached hydrogen (secondary N) is 1.